The molecule has 7 heteroatoms. The number of hydrogen-bond acceptors (Lipinski definition) is 7. The Morgan fingerprint density at radius 2 is 0.655 bits per heavy atom. The van der Waals surface area contributed by atoms with Crippen LogP contribution < -0.4 is 4.74 Å². The van der Waals surface area contributed by atoms with Gasteiger partial charge >= 0.3 is 0 Å². The number of ether oxygens (including phenoxy) is 1. The van der Waals surface area contributed by atoms with Crippen LogP contribution in [-0.2, 0) is 5.41 Å². The molecule has 7 nitrogen and oxygen atoms in total. The van der Waals surface area contributed by atoms with Crippen LogP contribution in [-0.4, -0.2) is 29.9 Å². The maximum absolute atomic E-state index is 6.47. The van der Waals surface area contributed by atoms with Crippen molar-refractivity contribution >= 4 is 0 Å². The molecular formula is C51H36N6O. The molecule has 0 bridgehead atoms. The third kappa shape index (κ3) is 6.58. The molecule has 0 fully saturated rings. The lowest BCUT2D eigenvalue weighted by atomic mass is 9.75. The van der Waals surface area contributed by atoms with E-state index in [0.29, 0.717) is 34.9 Å². The van der Waals surface area contributed by atoms with Gasteiger partial charge in [0, 0.05) is 49.9 Å². The van der Waals surface area contributed by atoms with Crippen LogP contribution in [0.4, 0.5) is 0 Å². The molecule has 1 aliphatic heterocycles. The molecule has 2 aromatic heterocycles. The third-order valence-corrected chi connectivity index (χ3v) is 10.7. The molecule has 1 aliphatic rings. The van der Waals surface area contributed by atoms with Crippen molar-refractivity contribution in [2.75, 3.05) is 0 Å². The largest absolute Gasteiger partial charge is 0.457 e. The van der Waals surface area contributed by atoms with Gasteiger partial charge in [0.1, 0.15) is 11.5 Å². The Balaban J connectivity index is 1.01. The molecule has 0 spiro atoms. The lowest BCUT2D eigenvalue weighted by Crippen LogP contribution is -2.24. The molecule has 58 heavy (non-hydrogen) atoms. The van der Waals surface area contributed by atoms with Crippen molar-refractivity contribution in [1.29, 1.82) is 0 Å². The molecule has 3 heterocycles. The van der Waals surface area contributed by atoms with Crippen molar-refractivity contribution in [2.24, 2.45) is 0 Å². The summed E-state index contributed by atoms with van der Waals surface area (Å²) in [7, 11) is 0. The van der Waals surface area contributed by atoms with Crippen molar-refractivity contribution in [2.45, 2.75) is 19.3 Å². The van der Waals surface area contributed by atoms with E-state index >= 15 is 0 Å². The molecule has 0 radical (unpaired) electrons. The van der Waals surface area contributed by atoms with Gasteiger partial charge in [0.05, 0.1) is 0 Å². The summed E-state index contributed by atoms with van der Waals surface area (Å²) < 4.78 is 6.47. The molecule has 0 aliphatic carbocycles. The minimum Gasteiger partial charge on any atom is -0.457 e. The molecule has 0 saturated carbocycles. The fourth-order valence-electron chi connectivity index (χ4n) is 7.54. The van der Waals surface area contributed by atoms with Gasteiger partial charge in [-0.15, -0.1) is 0 Å². The second-order valence-electron chi connectivity index (χ2n) is 14.8. The van der Waals surface area contributed by atoms with Crippen molar-refractivity contribution < 1.29 is 4.74 Å². The van der Waals surface area contributed by atoms with Gasteiger partial charge in [-0.05, 0) is 29.3 Å². The van der Waals surface area contributed by atoms with E-state index < -0.39 is 0 Å². The Bertz CT molecular complexity index is 2880. The highest BCUT2D eigenvalue weighted by molar-refractivity contribution is 5.75. The third-order valence-electron chi connectivity index (χ3n) is 10.7. The van der Waals surface area contributed by atoms with E-state index in [0.717, 1.165) is 61.6 Å². The minimum atomic E-state index is -0.217. The summed E-state index contributed by atoms with van der Waals surface area (Å²) in [5.74, 6) is 5.30. The van der Waals surface area contributed by atoms with Crippen LogP contribution in [0.1, 0.15) is 25.0 Å². The standard InChI is InChI=1S/C51H36N6O/c1-51(2)41-23-12-13-24-43(41)58-44-32-40(29-30-42(44)51)50-56-47(36-19-10-5-11-20-36)53-48(57-50)37-27-25-33(26-28-37)38-21-14-22-39(31-38)49-54-45(34-15-6-3-7-16-34)52-46(55-49)35-17-8-4-9-18-35/h3-32H,1-2H3. The fourth-order valence-corrected chi connectivity index (χ4v) is 7.54. The molecule has 7 aromatic carbocycles. The Kier molecular flexibility index (Phi) is 8.68. The Morgan fingerprint density at radius 1 is 0.293 bits per heavy atom. The number of aromatic nitrogens is 6. The SMILES string of the molecule is CC1(C)c2ccccc2Oc2cc(-c3nc(-c4ccccc4)nc(-c4ccc(-c5cccc(-c6nc(-c7ccccc7)nc(-c7ccccc7)n6)c5)cc4)n3)ccc21. The quantitative estimate of drug-likeness (QED) is 0.160. The van der Waals surface area contributed by atoms with E-state index in [1.165, 1.54) is 5.56 Å². The molecule has 0 amide bonds. The molecule has 9 aromatic rings. The van der Waals surface area contributed by atoms with E-state index in [-0.39, 0.29) is 5.41 Å². The summed E-state index contributed by atoms with van der Waals surface area (Å²) in [6.45, 7) is 4.47. The molecular weight excluding hydrogens is 713 g/mol. The van der Waals surface area contributed by atoms with Crippen LogP contribution >= 0.6 is 0 Å². The van der Waals surface area contributed by atoms with Crippen LogP contribution in [0.3, 0.4) is 0 Å². The van der Waals surface area contributed by atoms with E-state index in [1.54, 1.807) is 0 Å². The van der Waals surface area contributed by atoms with Gasteiger partial charge in [-0.25, -0.2) is 29.9 Å². The Morgan fingerprint density at radius 3 is 1.19 bits per heavy atom. The lowest BCUT2D eigenvalue weighted by molar-refractivity contribution is 0.418. The first kappa shape index (κ1) is 34.8. The number of rotatable bonds is 7. The molecule has 10 rings (SSSR count). The number of fused-ring (bicyclic) bond motifs is 2. The van der Waals surface area contributed by atoms with Gasteiger partial charge in [0.2, 0.25) is 0 Å². The van der Waals surface area contributed by atoms with Gasteiger partial charge in [-0.2, -0.15) is 0 Å². The van der Waals surface area contributed by atoms with Gasteiger partial charge in [-0.1, -0.05) is 178 Å². The molecule has 0 unspecified atom stereocenters. The fraction of sp³-hybridized carbons (Fsp3) is 0.0588. The van der Waals surface area contributed by atoms with E-state index in [9.17, 15) is 0 Å². The summed E-state index contributed by atoms with van der Waals surface area (Å²) in [6, 6.07) is 61.2. The Labute approximate surface area is 336 Å². The maximum Gasteiger partial charge on any atom is 0.164 e. The van der Waals surface area contributed by atoms with E-state index in [4.69, 9.17) is 34.6 Å². The van der Waals surface area contributed by atoms with Crippen LogP contribution in [0, 0.1) is 0 Å². The Hall–Kier alpha value is -7.64. The zero-order valence-electron chi connectivity index (χ0n) is 31.9. The first-order valence-corrected chi connectivity index (χ1v) is 19.3. The van der Waals surface area contributed by atoms with Crippen LogP contribution in [0.2, 0.25) is 0 Å². The predicted octanol–water partition coefficient (Wildman–Crippen LogP) is 12.2. The average Bonchev–Trinajstić information content (AvgIpc) is 3.29. The summed E-state index contributed by atoms with van der Waals surface area (Å²) in [4.78, 5) is 29.8. The van der Waals surface area contributed by atoms with Gasteiger partial charge in [0.25, 0.3) is 0 Å². The predicted molar refractivity (Wildman–Crippen MR) is 230 cm³/mol. The van der Waals surface area contributed by atoms with Crippen molar-refractivity contribution in [3.63, 3.8) is 0 Å². The van der Waals surface area contributed by atoms with Gasteiger partial charge in [-0.3, -0.25) is 0 Å². The number of benzene rings is 7. The highest BCUT2D eigenvalue weighted by atomic mass is 16.5. The first-order chi connectivity index (χ1) is 28.5. The van der Waals surface area contributed by atoms with Crippen LogP contribution in [0.15, 0.2) is 182 Å². The summed E-state index contributed by atoms with van der Waals surface area (Å²) in [6.07, 6.45) is 0. The highest BCUT2D eigenvalue weighted by Crippen LogP contribution is 2.48. The highest BCUT2D eigenvalue weighted by Gasteiger charge is 2.34. The number of para-hydroxylation sites is 1. The zero-order valence-corrected chi connectivity index (χ0v) is 31.9. The second kappa shape index (κ2) is 14.5. The van der Waals surface area contributed by atoms with Crippen molar-refractivity contribution in [1.82, 2.24) is 29.9 Å². The molecule has 276 valence electrons. The molecule has 0 N–H and O–H groups in total. The van der Waals surface area contributed by atoms with E-state index in [1.807, 2.05) is 115 Å². The smallest absolute Gasteiger partial charge is 0.164 e. The van der Waals surface area contributed by atoms with Gasteiger partial charge in [0.15, 0.2) is 34.9 Å². The van der Waals surface area contributed by atoms with E-state index in [2.05, 4.69) is 80.6 Å². The first-order valence-electron chi connectivity index (χ1n) is 19.3. The summed E-state index contributed by atoms with van der Waals surface area (Å²) >= 11 is 0. The lowest BCUT2D eigenvalue weighted by Gasteiger charge is -2.34. The maximum atomic E-state index is 6.47. The van der Waals surface area contributed by atoms with Crippen LogP contribution in [0.25, 0.3) is 79.5 Å². The van der Waals surface area contributed by atoms with Crippen LogP contribution in [0.5, 0.6) is 11.5 Å². The number of hydrogen-bond donors (Lipinski definition) is 0. The summed E-state index contributed by atoms with van der Waals surface area (Å²) in [5.41, 5.74) is 9.55. The van der Waals surface area contributed by atoms with Gasteiger partial charge < -0.3 is 4.74 Å². The van der Waals surface area contributed by atoms with Crippen molar-refractivity contribution in [3.05, 3.63) is 193 Å². The van der Waals surface area contributed by atoms with Crippen molar-refractivity contribution in [3.8, 4) is 91.0 Å². The molecule has 0 saturated heterocycles. The number of nitrogens with zero attached hydrogens (tertiary/aromatic N) is 6. The normalized spacial score (nSPS) is 12.6. The minimum absolute atomic E-state index is 0.217. The average molecular weight is 749 g/mol. The molecule has 0 atom stereocenters. The second-order valence-corrected chi connectivity index (χ2v) is 14.8. The topological polar surface area (TPSA) is 86.6 Å². The zero-order chi connectivity index (χ0) is 39.1. The monoisotopic (exact) mass is 748 g/mol. The summed E-state index contributed by atoms with van der Waals surface area (Å²) in [5, 5.41) is 0.